The average Bonchev–Trinajstić information content (AvgIpc) is 3.35. The zero-order valence-corrected chi connectivity index (χ0v) is 16.0. The van der Waals surface area contributed by atoms with Crippen LogP contribution in [0, 0.1) is 11.2 Å². The minimum atomic E-state index is -0.286. The number of nitrogens with zero attached hydrogens (tertiary/aromatic N) is 3. The Bertz CT molecular complexity index is 835. The highest BCUT2D eigenvalue weighted by Crippen LogP contribution is 2.38. The van der Waals surface area contributed by atoms with Crippen LogP contribution in [-0.2, 0) is 11.3 Å². The summed E-state index contributed by atoms with van der Waals surface area (Å²) in [5.41, 5.74) is 1.14. The maximum absolute atomic E-state index is 13.0. The van der Waals surface area contributed by atoms with Crippen LogP contribution >= 0.6 is 0 Å². The van der Waals surface area contributed by atoms with Crippen molar-refractivity contribution in [2.75, 3.05) is 33.4 Å². The summed E-state index contributed by atoms with van der Waals surface area (Å²) in [6, 6.07) is 9.62. The van der Waals surface area contributed by atoms with E-state index in [-0.39, 0.29) is 5.82 Å². The molecule has 2 aliphatic heterocycles. The molecule has 7 heteroatoms. The number of likely N-dealkylation sites (tertiary alicyclic amines) is 1. The lowest BCUT2D eigenvalue weighted by Gasteiger charge is -2.24. The van der Waals surface area contributed by atoms with Crippen LogP contribution < -0.4 is 10.1 Å². The number of nitrogens with one attached hydrogen (secondary N) is 1. The Morgan fingerprint density at radius 2 is 2.14 bits per heavy atom. The highest BCUT2D eigenvalue weighted by atomic mass is 19.1. The van der Waals surface area contributed by atoms with Gasteiger partial charge in [-0.2, -0.15) is 0 Å². The largest absolute Gasteiger partial charge is 0.457 e. The molecular weight excluding hydrogens is 359 g/mol. The van der Waals surface area contributed by atoms with Crippen molar-refractivity contribution in [1.29, 1.82) is 0 Å². The van der Waals surface area contributed by atoms with Gasteiger partial charge in [0.05, 0.1) is 18.8 Å². The molecule has 0 saturated carbocycles. The molecule has 1 spiro atoms. The minimum absolute atomic E-state index is 0.286. The van der Waals surface area contributed by atoms with Crippen LogP contribution in [0.15, 0.2) is 47.6 Å². The molecule has 0 bridgehead atoms. The fraction of sp³-hybridized carbons (Fsp3) is 0.429. The van der Waals surface area contributed by atoms with E-state index in [1.54, 1.807) is 31.4 Å². The summed E-state index contributed by atoms with van der Waals surface area (Å²) in [4.78, 5) is 11.1. The van der Waals surface area contributed by atoms with E-state index >= 15 is 0 Å². The van der Waals surface area contributed by atoms with Crippen LogP contribution in [0.4, 0.5) is 4.39 Å². The minimum Gasteiger partial charge on any atom is -0.457 e. The summed E-state index contributed by atoms with van der Waals surface area (Å²) < 4.78 is 24.4. The topological polar surface area (TPSA) is 59.0 Å². The van der Waals surface area contributed by atoms with Crippen molar-refractivity contribution in [3.8, 4) is 11.5 Å². The first-order valence-corrected chi connectivity index (χ1v) is 9.58. The van der Waals surface area contributed by atoms with Crippen LogP contribution in [0.5, 0.6) is 11.5 Å². The van der Waals surface area contributed by atoms with Crippen LogP contribution in [0.1, 0.15) is 18.5 Å². The summed E-state index contributed by atoms with van der Waals surface area (Å²) in [5.74, 6) is 1.85. The molecule has 2 saturated heterocycles. The third kappa shape index (κ3) is 4.25. The Balaban J connectivity index is 1.35. The third-order valence-electron chi connectivity index (χ3n) is 5.40. The van der Waals surface area contributed by atoms with Gasteiger partial charge in [-0.1, -0.05) is 0 Å². The Morgan fingerprint density at radius 3 is 2.89 bits per heavy atom. The van der Waals surface area contributed by atoms with Crippen LogP contribution in [0.3, 0.4) is 0 Å². The smallest absolute Gasteiger partial charge is 0.193 e. The Hall–Kier alpha value is -2.67. The van der Waals surface area contributed by atoms with Crippen LogP contribution in [0.25, 0.3) is 0 Å². The zero-order chi connectivity index (χ0) is 19.4. The van der Waals surface area contributed by atoms with Gasteiger partial charge in [0.1, 0.15) is 17.3 Å². The predicted molar refractivity (Wildman–Crippen MR) is 105 cm³/mol. The molecule has 0 amide bonds. The van der Waals surface area contributed by atoms with Crippen molar-refractivity contribution in [3.63, 3.8) is 0 Å². The second kappa shape index (κ2) is 8.14. The molecule has 1 aromatic carbocycles. The first-order valence-electron chi connectivity index (χ1n) is 9.58. The van der Waals surface area contributed by atoms with Crippen molar-refractivity contribution in [3.05, 3.63) is 54.1 Å². The van der Waals surface area contributed by atoms with Gasteiger partial charge in [0.25, 0.3) is 0 Å². The standard InChI is InChI=1S/C21H25FN4O2/c1-23-20(26-10-7-21(14-26)8-11-27-15-21)25-13-17-12-19(6-9-24-17)28-18-4-2-16(22)3-5-18/h2-6,9,12H,7-8,10-11,13-15H2,1H3,(H,23,25). The summed E-state index contributed by atoms with van der Waals surface area (Å²) >= 11 is 0. The van der Waals surface area contributed by atoms with Crippen molar-refractivity contribution in [1.82, 2.24) is 15.2 Å². The van der Waals surface area contributed by atoms with E-state index in [4.69, 9.17) is 9.47 Å². The van der Waals surface area contributed by atoms with E-state index in [0.717, 1.165) is 50.8 Å². The summed E-state index contributed by atoms with van der Waals surface area (Å²) in [7, 11) is 1.81. The molecule has 1 N–H and O–H groups in total. The second-order valence-electron chi connectivity index (χ2n) is 7.41. The summed E-state index contributed by atoms with van der Waals surface area (Å²) in [5, 5.41) is 3.40. The van der Waals surface area contributed by atoms with E-state index < -0.39 is 0 Å². The van der Waals surface area contributed by atoms with E-state index in [1.807, 2.05) is 6.07 Å². The normalized spacial score (nSPS) is 22.1. The van der Waals surface area contributed by atoms with Crippen LogP contribution in [0.2, 0.25) is 0 Å². The summed E-state index contributed by atoms with van der Waals surface area (Å²) in [6.45, 7) is 4.24. The molecule has 3 heterocycles. The molecule has 0 radical (unpaired) electrons. The number of aliphatic imine (C=N–C) groups is 1. The van der Waals surface area contributed by atoms with Crippen molar-refractivity contribution in [2.24, 2.45) is 10.4 Å². The van der Waals surface area contributed by atoms with Gasteiger partial charge in [-0.05, 0) is 43.2 Å². The van der Waals surface area contributed by atoms with Crippen molar-refractivity contribution < 1.29 is 13.9 Å². The molecule has 4 rings (SSSR count). The average molecular weight is 384 g/mol. The van der Waals surface area contributed by atoms with Crippen molar-refractivity contribution in [2.45, 2.75) is 19.4 Å². The number of guanidine groups is 1. The third-order valence-corrected chi connectivity index (χ3v) is 5.40. The number of hydrogen-bond donors (Lipinski definition) is 1. The van der Waals surface area contributed by atoms with Gasteiger partial charge >= 0.3 is 0 Å². The highest BCUT2D eigenvalue weighted by Gasteiger charge is 2.42. The van der Waals surface area contributed by atoms with Gasteiger partial charge in [0.15, 0.2) is 5.96 Å². The van der Waals surface area contributed by atoms with Crippen molar-refractivity contribution >= 4 is 5.96 Å². The number of halogens is 1. The number of rotatable bonds is 4. The molecule has 28 heavy (non-hydrogen) atoms. The first-order chi connectivity index (χ1) is 13.7. The zero-order valence-electron chi connectivity index (χ0n) is 16.0. The van der Waals surface area contributed by atoms with E-state index in [2.05, 4.69) is 20.2 Å². The quantitative estimate of drug-likeness (QED) is 0.648. The van der Waals surface area contributed by atoms with Gasteiger partial charge in [0.2, 0.25) is 0 Å². The Kier molecular flexibility index (Phi) is 5.43. The van der Waals surface area contributed by atoms with Gasteiger partial charge < -0.3 is 19.7 Å². The monoisotopic (exact) mass is 384 g/mol. The number of pyridine rings is 1. The van der Waals surface area contributed by atoms with E-state index in [9.17, 15) is 4.39 Å². The Morgan fingerprint density at radius 1 is 1.29 bits per heavy atom. The maximum Gasteiger partial charge on any atom is 0.193 e. The van der Waals surface area contributed by atoms with Gasteiger partial charge in [-0.15, -0.1) is 0 Å². The molecule has 2 aliphatic rings. The number of ether oxygens (including phenoxy) is 2. The van der Waals surface area contributed by atoms with Gasteiger partial charge in [-0.25, -0.2) is 4.39 Å². The molecule has 148 valence electrons. The highest BCUT2D eigenvalue weighted by molar-refractivity contribution is 5.80. The lowest BCUT2D eigenvalue weighted by Crippen LogP contribution is -2.41. The molecule has 1 aromatic heterocycles. The number of benzene rings is 1. The maximum atomic E-state index is 13.0. The van der Waals surface area contributed by atoms with Gasteiger partial charge in [-0.3, -0.25) is 9.98 Å². The summed E-state index contributed by atoms with van der Waals surface area (Å²) in [6.07, 6.45) is 3.98. The molecule has 2 aromatic rings. The fourth-order valence-electron chi connectivity index (χ4n) is 3.84. The van der Waals surface area contributed by atoms with Gasteiger partial charge in [0, 0.05) is 44.4 Å². The molecule has 0 aliphatic carbocycles. The molecular formula is C21H25FN4O2. The molecule has 2 fully saturated rings. The van der Waals surface area contributed by atoms with E-state index in [1.165, 1.54) is 12.1 Å². The molecule has 1 atom stereocenters. The second-order valence-corrected chi connectivity index (χ2v) is 7.41. The lowest BCUT2D eigenvalue weighted by atomic mass is 9.87. The lowest BCUT2D eigenvalue weighted by molar-refractivity contribution is 0.156. The number of aromatic nitrogens is 1. The molecule has 6 nitrogen and oxygen atoms in total. The molecule has 1 unspecified atom stereocenters. The first kappa shape index (κ1) is 18.7. The number of hydrogen-bond acceptors (Lipinski definition) is 4. The fourth-order valence-corrected chi connectivity index (χ4v) is 3.84. The van der Waals surface area contributed by atoms with E-state index in [0.29, 0.717) is 23.5 Å². The predicted octanol–water partition coefficient (Wildman–Crippen LogP) is 3.20. The van der Waals surface area contributed by atoms with Crippen LogP contribution in [-0.4, -0.2) is 49.2 Å². The SMILES string of the molecule is CN=C(NCc1cc(Oc2ccc(F)cc2)ccn1)N1CCC2(CCOC2)C1. The Labute approximate surface area is 164 Å².